The Labute approximate surface area is 135 Å². The van der Waals surface area contributed by atoms with Crippen LogP contribution >= 0.6 is 0 Å². The third-order valence-electron chi connectivity index (χ3n) is 4.16. The minimum Gasteiger partial charge on any atom is -0.103 e. The van der Waals surface area contributed by atoms with E-state index in [0.717, 1.165) is 12.8 Å². The van der Waals surface area contributed by atoms with Crippen molar-refractivity contribution in [3.05, 3.63) is 0 Å². The largest absolute Gasteiger partial charge is 0.103 e. The minimum atomic E-state index is 1.08. The van der Waals surface area contributed by atoms with Gasteiger partial charge in [0.15, 0.2) is 0 Å². The molecular weight excluding hydrogens is 252 g/mol. The molecule has 0 spiro atoms. The van der Waals surface area contributed by atoms with E-state index in [0.29, 0.717) is 0 Å². The molecule has 0 heterocycles. The van der Waals surface area contributed by atoms with Gasteiger partial charge in [0, 0.05) is 12.8 Å². The van der Waals surface area contributed by atoms with Gasteiger partial charge in [0.2, 0.25) is 0 Å². The third-order valence-corrected chi connectivity index (χ3v) is 4.16. The lowest BCUT2D eigenvalue weighted by molar-refractivity contribution is 0.536. The zero-order chi connectivity index (χ0) is 15.4. The Bertz CT molecular complexity index is 230. The van der Waals surface area contributed by atoms with E-state index < -0.39 is 0 Å². The fourth-order valence-electron chi connectivity index (χ4n) is 2.71. The molecule has 21 heavy (non-hydrogen) atoms. The first kappa shape index (κ1) is 20.6. The van der Waals surface area contributed by atoms with E-state index >= 15 is 0 Å². The van der Waals surface area contributed by atoms with Crippen LogP contribution in [-0.4, -0.2) is 0 Å². The Hall–Kier alpha value is -0.440. The molecule has 0 aliphatic carbocycles. The lowest BCUT2D eigenvalue weighted by atomic mass is 10.0. The van der Waals surface area contributed by atoms with Crippen molar-refractivity contribution in [3.8, 4) is 11.8 Å². The average molecular weight is 293 g/mol. The number of unbranched alkanes of at least 4 members (excludes halogenated alkanes) is 15. The topological polar surface area (TPSA) is 0 Å². The molecule has 0 radical (unpaired) electrons. The molecule has 0 unspecified atom stereocenters. The highest BCUT2D eigenvalue weighted by molar-refractivity contribution is 4.98. The molecule has 0 aliphatic heterocycles. The molecule has 0 aliphatic rings. The van der Waals surface area contributed by atoms with Crippen molar-refractivity contribution in [1.29, 1.82) is 0 Å². The van der Waals surface area contributed by atoms with Crippen LogP contribution in [0.1, 0.15) is 123 Å². The third kappa shape index (κ3) is 19.6. The van der Waals surface area contributed by atoms with Crippen LogP contribution in [0.15, 0.2) is 0 Å². The van der Waals surface area contributed by atoms with Crippen LogP contribution in [0.5, 0.6) is 0 Å². The van der Waals surface area contributed by atoms with E-state index in [1.165, 1.54) is 96.3 Å². The molecule has 0 saturated heterocycles. The SMILES string of the molecule is CCCC#CCCCCCCCCCCCCCCCC. The number of hydrogen-bond acceptors (Lipinski definition) is 0. The molecule has 0 N–H and O–H groups in total. The van der Waals surface area contributed by atoms with Crippen LogP contribution in [0.2, 0.25) is 0 Å². The number of hydrogen-bond donors (Lipinski definition) is 0. The summed E-state index contributed by atoms with van der Waals surface area (Å²) in [5.74, 6) is 6.51. The van der Waals surface area contributed by atoms with Crippen molar-refractivity contribution in [2.24, 2.45) is 0 Å². The zero-order valence-corrected chi connectivity index (χ0v) is 15.0. The van der Waals surface area contributed by atoms with Gasteiger partial charge in [0.25, 0.3) is 0 Å². The van der Waals surface area contributed by atoms with Crippen LogP contribution in [0.25, 0.3) is 0 Å². The molecule has 0 nitrogen and oxygen atoms in total. The first-order valence-electron chi connectivity index (χ1n) is 9.87. The molecule has 0 aromatic rings. The summed E-state index contributed by atoms with van der Waals surface area (Å²) in [5.41, 5.74) is 0. The summed E-state index contributed by atoms with van der Waals surface area (Å²) in [6.45, 7) is 4.49. The highest BCUT2D eigenvalue weighted by Crippen LogP contribution is 2.13. The minimum absolute atomic E-state index is 1.08. The van der Waals surface area contributed by atoms with Crippen LogP contribution in [0.3, 0.4) is 0 Å². The Balaban J connectivity index is 2.98. The van der Waals surface area contributed by atoms with E-state index in [1.54, 1.807) is 0 Å². The van der Waals surface area contributed by atoms with Crippen LogP contribution in [-0.2, 0) is 0 Å². The van der Waals surface area contributed by atoms with E-state index in [9.17, 15) is 0 Å². The van der Waals surface area contributed by atoms with Gasteiger partial charge < -0.3 is 0 Å². The van der Waals surface area contributed by atoms with Crippen molar-refractivity contribution < 1.29 is 0 Å². The van der Waals surface area contributed by atoms with Crippen molar-refractivity contribution in [2.75, 3.05) is 0 Å². The lowest BCUT2D eigenvalue weighted by Gasteiger charge is -2.02. The second-order valence-corrected chi connectivity index (χ2v) is 6.45. The average Bonchev–Trinajstić information content (AvgIpc) is 2.50. The van der Waals surface area contributed by atoms with Gasteiger partial charge in [0.05, 0.1) is 0 Å². The molecule has 0 atom stereocenters. The van der Waals surface area contributed by atoms with Gasteiger partial charge in [-0.2, -0.15) is 0 Å². The van der Waals surface area contributed by atoms with Crippen LogP contribution in [0, 0.1) is 11.8 Å². The first-order chi connectivity index (χ1) is 10.4. The van der Waals surface area contributed by atoms with E-state index in [1.807, 2.05) is 0 Å². The summed E-state index contributed by atoms with van der Waals surface area (Å²) in [4.78, 5) is 0. The summed E-state index contributed by atoms with van der Waals surface area (Å²) in [6, 6.07) is 0. The first-order valence-corrected chi connectivity index (χ1v) is 9.87. The maximum Gasteiger partial charge on any atom is 0.00886 e. The Kier molecular flexibility index (Phi) is 19.2. The van der Waals surface area contributed by atoms with Crippen LogP contribution in [0.4, 0.5) is 0 Å². The Morgan fingerprint density at radius 3 is 1.19 bits per heavy atom. The molecular formula is C21H40. The molecule has 0 saturated carbocycles. The van der Waals surface area contributed by atoms with Crippen molar-refractivity contribution >= 4 is 0 Å². The maximum atomic E-state index is 3.28. The highest BCUT2D eigenvalue weighted by Gasteiger charge is 1.93. The van der Waals surface area contributed by atoms with Gasteiger partial charge in [-0.25, -0.2) is 0 Å². The second kappa shape index (κ2) is 19.6. The summed E-state index contributed by atoms with van der Waals surface area (Å²) in [6.07, 6.45) is 23.5. The summed E-state index contributed by atoms with van der Waals surface area (Å²) < 4.78 is 0. The normalized spacial score (nSPS) is 10.4. The molecule has 124 valence electrons. The molecule has 0 fully saturated rings. The zero-order valence-electron chi connectivity index (χ0n) is 15.0. The standard InChI is InChI=1S/C21H40/c1-3-5-7-9-11-13-15-17-19-21-20-18-16-14-12-10-8-6-4-2/h3-7,9,11-21H2,1-2H3. The van der Waals surface area contributed by atoms with Gasteiger partial charge in [-0.05, 0) is 12.8 Å². The van der Waals surface area contributed by atoms with Crippen molar-refractivity contribution in [1.82, 2.24) is 0 Å². The van der Waals surface area contributed by atoms with Gasteiger partial charge >= 0.3 is 0 Å². The molecule has 0 heteroatoms. The fourth-order valence-corrected chi connectivity index (χ4v) is 2.71. The lowest BCUT2D eigenvalue weighted by Crippen LogP contribution is -1.83. The predicted octanol–water partition coefficient (Wildman–Crippen LogP) is 7.66. The van der Waals surface area contributed by atoms with Gasteiger partial charge in [-0.15, -0.1) is 11.8 Å². The fraction of sp³-hybridized carbons (Fsp3) is 0.905. The predicted molar refractivity (Wildman–Crippen MR) is 97.6 cm³/mol. The molecule has 0 rings (SSSR count). The van der Waals surface area contributed by atoms with E-state index in [-0.39, 0.29) is 0 Å². The summed E-state index contributed by atoms with van der Waals surface area (Å²) in [7, 11) is 0. The molecule has 0 bridgehead atoms. The smallest absolute Gasteiger partial charge is 0.00886 e. The quantitative estimate of drug-likeness (QED) is 0.215. The maximum absolute atomic E-state index is 3.28. The monoisotopic (exact) mass is 292 g/mol. The van der Waals surface area contributed by atoms with Crippen molar-refractivity contribution in [3.63, 3.8) is 0 Å². The number of rotatable bonds is 15. The molecule has 0 aromatic heterocycles. The molecule has 0 amide bonds. The Morgan fingerprint density at radius 1 is 0.381 bits per heavy atom. The summed E-state index contributed by atoms with van der Waals surface area (Å²) in [5, 5.41) is 0. The van der Waals surface area contributed by atoms with Gasteiger partial charge in [0.1, 0.15) is 0 Å². The van der Waals surface area contributed by atoms with Gasteiger partial charge in [-0.1, -0.05) is 97.3 Å². The van der Waals surface area contributed by atoms with Gasteiger partial charge in [-0.3, -0.25) is 0 Å². The van der Waals surface area contributed by atoms with Crippen molar-refractivity contribution in [2.45, 2.75) is 123 Å². The molecule has 0 aromatic carbocycles. The van der Waals surface area contributed by atoms with Crippen LogP contribution < -0.4 is 0 Å². The second-order valence-electron chi connectivity index (χ2n) is 6.45. The summed E-state index contributed by atoms with van der Waals surface area (Å²) >= 11 is 0. The highest BCUT2D eigenvalue weighted by atomic mass is 14.0. The van der Waals surface area contributed by atoms with E-state index in [4.69, 9.17) is 0 Å². The van der Waals surface area contributed by atoms with E-state index in [2.05, 4.69) is 25.7 Å². The Morgan fingerprint density at radius 2 is 0.762 bits per heavy atom.